The van der Waals surface area contributed by atoms with E-state index in [9.17, 15) is 4.79 Å². The molecule has 0 radical (unpaired) electrons. The SMILES string of the molecule is COc1ccc(CNC(=O)c2ccc(CC(C)(C)C)cc2)cc1OC. The summed E-state index contributed by atoms with van der Waals surface area (Å²) in [6, 6.07) is 13.4. The summed E-state index contributed by atoms with van der Waals surface area (Å²) >= 11 is 0. The molecule has 0 spiro atoms. The Morgan fingerprint density at radius 2 is 1.52 bits per heavy atom. The molecule has 4 heteroatoms. The minimum atomic E-state index is -0.0860. The van der Waals surface area contributed by atoms with Gasteiger partial charge in [-0.2, -0.15) is 0 Å². The third-order valence-electron chi connectivity index (χ3n) is 3.85. The van der Waals surface area contributed by atoms with Gasteiger partial charge in [0.15, 0.2) is 11.5 Å². The number of nitrogens with one attached hydrogen (secondary N) is 1. The van der Waals surface area contributed by atoms with Gasteiger partial charge in [0, 0.05) is 12.1 Å². The summed E-state index contributed by atoms with van der Waals surface area (Å²) in [6.07, 6.45) is 0.987. The number of amides is 1. The van der Waals surface area contributed by atoms with Crippen LogP contribution in [0.4, 0.5) is 0 Å². The fourth-order valence-corrected chi connectivity index (χ4v) is 2.66. The first kappa shape index (κ1) is 18.8. The van der Waals surface area contributed by atoms with E-state index in [2.05, 4.69) is 26.1 Å². The number of rotatable bonds is 6. The first-order chi connectivity index (χ1) is 11.8. The van der Waals surface area contributed by atoms with E-state index in [1.165, 1.54) is 5.56 Å². The molecule has 1 amide bonds. The van der Waals surface area contributed by atoms with Gasteiger partial charge in [-0.15, -0.1) is 0 Å². The lowest BCUT2D eigenvalue weighted by Gasteiger charge is -2.18. The smallest absolute Gasteiger partial charge is 0.251 e. The first-order valence-electron chi connectivity index (χ1n) is 8.40. The van der Waals surface area contributed by atoms with Crippen LogP contribution < -0.4 is 14.8 Å². The van der Waals surface area contributed by atoms with Crippen LogP contribution in [0.15, 0.2) is 42.5 Å². The standard InChI is InChI=1S/C21H27NO3/c1-21(2,3)13-15-6-9-17(10-7-15)20(23)22-14-16-8-11-18(24-4)19(12-16)25-5/h6-12H,13-14H2,1-5H3,(H,22,23). The van der Waals surface area contributed by atoms with E-state index in [1.807, 2.05) is 42.5 Å². The molecule has 0 bridgehead atoms. The van der Waals surface area contributed by atoms with Crippen molar-refractivity contribution in [2.75, 3.05) is 14.2 Å². The molecule has 2 aromatic rings. The molecule has 25 heavy (non-hydrogen) atoms. The van der Waals surface area contributed by atoms with Crippen LogP contribution in [0, 0.1) is 5.41 Å². The molecule has 0 fully saturated rings. The Kier molecular flexibility index (Phi) is 6.07. The molecule has 0 aromatic heterocycles. The highest BCUT2D eigenvalue weighted by molar-refractivity contribution is 5.94. The van der Waals surface area contributed by atoms with Crippen molar-refractivity contribution in [2.45, 2.75) is 33.7 Å². The minimum Gasteiger partial charge on any atom is -0.493 e. The number of benzene rings is 2. The van der Waals surface area contributed by atoms with Crippen LogP contribution in [0.2, 0.25) is 0 Å². The monoisotopic (exact) mass is 341 g/mol. The number of hydrogen-bond donors (Lipinski definition) is 1. The quantitative estimate of drug-likeness (QED) is 0.855. The van der Waals surface area contributed by atoms with E-state index in [1.54, 1.807) is 14.2 Å². The number of methoxy groups -OCH3 is 2. The molecule has 0 atom stereocenters. The van der Waals surface area contributed by atoms with Crippen molar-refractivity contribution in [1.82, 2.24) is 5.32 Å². The van der Waals surface area contributed by atoms with E-state index >= 15 is 0 Å². The average Bonchev–Trinajstić information content (AvgIpc) is 2.58. The van der Waals surface area contributed by atoms with E-state index in [0.29, 0.717) is 23.6 Å². The number of hydrogen-bond acceptors (Lipinski definition) is 3. The van der Waals surface area contributed by atoms with E-state index in [-0.39, 0.29) is 11.3 Å². The predicted octanol–water partition coefficient (Wildman–Crippen LogP) is 4.22. The normalized spacial score (nSPS) is 11.1. The Labute approximate surface area is 150 Å². The topological polar surface area (TPSA) is 47.6 Å². The zero-order valence-corrected chi connectivity index (χ0v) is 15.7. The van der Waals surface area contributed by atoms with Crippen molar-refractivity contribution in [3.05, 3.63) is 59.2 Å². The maximum atomic E-state index is 12.3. The summed E-state index contributed by atoms with van der Waals surface area (Å²) in [5, 5.41) is 2.94. The number of carbonyl (C=O) groups excluding carboxylic acids is 1. The average molecular weight is 341 g/mol. The molecule has 0 aliphatic carbocycles. The highest BCUT2D eigenvalue weighted by Gasteiger charge is 2.12. The van der Waals surface area contributed by atoms with E-state index in [4.69, 9.17) is 9.47 Å². The fourth-order valence-electron chi connectivity index (χ4n) is 2.66. The van der Waals surface area contributed by atoms with Crippen LogP contribution >= 0.6 is 0 Å². The number of carbonyl (C=O) groups is 1. The van der Waals surface area contributed by atoms with Gasteiger partial charge in [-0.3, -0.25) is 4.79 Å². The fraction of sp³-hybridized carbons (Fsp3) is 0.381. The molecule has 2 rings (SSSR count). The number of ether oxygens (including phenoxy) is 2. The second kappa shape index (κ2) is 8.06. The van der Waals surface area contributed by atoms with Crippen LogP contribution in [0.3, 0.4) is 0 Å². The highest BCUT2D eigenvalue weighted by atomic mass is 16.5. The van der Waals surface area contributed by atoms with Crippen LogP contribution in [0.5, 0.6) is 11.5 Å². The van der Waals surface area contributed by atoms with Crippen LogP contribution in [0.25, 0.3) is 0 Å². The Hall–Kier alpha value is -2.49. The van der Waals surface area contributed by atoms with E-state index in [0.717, 1.165) is 12.0 Å². The summed E-state index contributed by atoms with van der Waals surface area (Å²) in [6.45, 7) is 7.05. The van der Waals surface area contributed by atoms with E-state index < -0.39 is 0 Å². The highest BCUT2D eigenvalue weighted by Crippen LogP contribution is 2.27. The molecule has 0 saturated carbocycles. The lowest BCUT2D eigenvalue weighted by atomic mass is 9.88. The molecule has 0 unspecified atom stereocenters. The van der Waals surface area contributed by atoms with Gasteiger partial charge < -0.3 is 14.8 Å². The second-order valence-corrected chi connectivity index (χ2v) is 7.31. The van der Waals surface area contributed by atoms with Crippen LogP contribution in [0.1, 0.15) is 42.3 Å². The molecule has 1 N–H and O–H groups in total. The maximum Gasteiger partial charge on any atom is 0.251 e. The Bertz CT molecular complexity index is 715. The molecule has 0 aliphatic rings. The summed E-state index contributed by atoms with van der Waals surface area (Å²) < 4.78 is 10.5. The van der Waals surface area contributed by atoms with Gasteiger partial charge in [-0.05, 0) is 47.2 Å². The Morgan fingerprint density at radius 3 is 2.08 bits per heavy atom. The first-order valence-corrected chi connectivity index (χ1v) is 8.40. The zero-order chi connectivity index (χ0) is 18.4. The lowest BCUT2D eigenvalue weighted by Crippen LogP contribution is -2.22. The lowest BCUT2D eigenvalue weighted by molar-refractivity contribution is 0.0951. The summed E-state index contributed by atoms with van der Waals surface area (Å²) in [7, 11) is 3.20. The van der Waals surface area contributed by atoms with Gasteiger partial charge in [-0.1, -0.05) is 39.0 Å². The van der Waals surface area contributed by atoms with Gasteiger partial charge in [-0.25, -0.2) is 0 Å². The third kappa shape index (κ3) is 5.52. The zero-order valence-electron chi connectivity index (χ0n) is 15.7. The van der Waals surface area contributed by atoms with Gasteiger partial charge in [0.1, 0.15) is 0 Å². The molecule has 0 heterocycles. The van der Waals surface area contributed by atoms with Crippen molar-refractivity contribution >= 4 is 5.91 Å². The van der Waals surface area contributed by atoms with Crippen molar-refractivity contribution in [3.63, 3.8) is 0 Å². The van der Waals surface area contributed by atoms with Crippen molar-refractivity contribution in [3.8, 4) is 11.5 Å². The summed E-state index contributed by atoms with van der Waals surface area (Å²) in [4.78, 5) is 12.3. The largest absolute Gasteiger partial charge is 0.493 e. The van der Waals surface area contributed by atoms with Gasteiger partial charge in [0.2, 0.25) is 0 Å². The van der Waals surface area contributed by atoms with Gasteiger partial charge >= 0.3 is 0 Å². The minimum absolute atomic E-state index is 0.0860. The summed E-state index contributed by atoms with van der Waals surface area (Å²) in [5.74, 6) is 1.24. The molecular formula is C21H27NO3. The van der Waals surface area contributed by atoms with Crippen LogP contribution in [-0.4, -0.2) is 20.1 Å². The molecule has 0 saturated heterocycles. The molecule has 2 aromatic carbocycles. The predicted molar refractivity (Wildman–Crippen MR) is 100 cm³/mol. The third-order valence-corrected chi connectivity index (χ3v) is 3.85. The molecule has 0 aliphatic heterocycles. The Morgan fingerprint density at radius 1 is 0.920 bits per heavy atom. The summed E-state index contributed by atoms with van der Waals surface area (Å²) in [5.41, 5.74) is 3.09. The van der Waals surface area contributed by atoms with Crippen LogP contribution in [-0.2, 0) is 13.0 Å². The Balaban J connectivity index is 1.98. The molecule has 4 nitrogen and oxygen atoms in total. The van der Waals surface area contributed by atoms with Crippen molar-refractivity contribution < 1.29 is 14.3 Å². The van der Waals surface area contributed by atoms with Gasteiger partial charge in [0.05, 0.1) is 14.2 Å². The van der Waals surface area contributed by atoms with Crippen molar-refractivity contribution in [2.24, 2.45) is 5.41 Å². The molecule has 134 valence electrons. The molecular weight excluding hydrogens is 314 g/mol. The van der Waals surface area contributed by atoms with Gasteiger partial charge in [0.25, 0.3) is 5.91 Å². The maximum absolute atomic E-state index is 12.3. The van der Waals surface area contributed by atoms with Crippen molar-refractivity contribution in [1.29, 1.82) is 0 Å². The second-order valence-electron chi connectivity index (χ2n) is 7.31.